The summed E-state index contributed by atoms with van der Waals surface area (Å²) in [5.41, 5.74) is 5.31. The average molecular weight is 456 g/mol. The van der Waals surface area contributed by atoms with Gasteiger partial charge in [-0.25, -0.2) is 4.39 Å². The molecule has 0 fully saturated rings. The van der Waals surface area contributed by atoms with E-state index in [0.717, 1.165) is 22.6 Å². The summed E-state index contributed by atoms with van der Waals surface area (Å²) in [4.78, 5) is 27.9. The fourth-order valence-electron chi connectivity index (χ4n) is 4.90. The number of anilines is 1. The second-order valence-corrected chi connectivity index (χ2v) is 8.88. The molecule has 2 aliphatic rings. The number of ether oxygens (including phenoxy) is 1. The van der Waals surface area contributed by atoms with Crippen LogP contribution >= 0.6 is 0 Å². The summed E-state index contributed by atoms with van der Waals surface area (Å²) >= 11 is 0. The molecule has 0 saturated heterocycles. The van der Waals surface area contributed by atoms with Crippen molar-refractivity contribution in [2.45, 2.75) is 45.1 Å². The highest BCUT2D eigenvalue weighted by molar-refractivity contribution is 6.07. The van der Waals surface area contributed by atoms with Gasteiger partial charge >= 0.3 is 0 Å². The molecule has 0 spiro atoms. The van der Waals surface area contributed by atoms with Crippen molar-refractivity contribution in [2.75, 3.05) is 4.90 Å². The van der Waals surface area contributed by atoms with Gasteiger partial charge in [-0.15, -0.1) is 0 Å². The smallest absolute Gasteiger partial charge is 0.232 e. The number of allylic oxidation sites excluding steroid dienone is 2. The number of carbonyl (C=O) groups excluding carboxylic acids is 2. The van der Waals surface area contributed by atoms with Crippen LogP contribution in [0.25, 0.3) is 0 Å². The number of carbonyl (C=O) groups is 2. The van der Waals surface area contributed by atoms with E-state index < -0.39 is 0 Å². The van der Waals surface area contributed by atoms with Crippen LogP contribution < -0.4 is 9.64 Å². The van der Waals surface area contributed by atoms with Gasteiger partial charge < -0.3 is 4.74 Å². The van der Waals surface area contributed by atoms with Crippen LogP contribution in [0.2, 0.25) is 0 Å². The van der Waals surface area contributed by atoms with Crippen molar-refractivity contribution in [3.8, 4) is 5.75 Å². The van der Waals surface area contributed by atoms with Gasteiger partial charge in [-0.2, -0.15) is 0 Å². The Balaban J connectivity index is 1.42. The van der Waals surface area contributed by atoms with Crippen LogP contribution in [0.1, 0.15) is 48.3 Å². The second-order valence-electron chi connectivity index (χ2n) is 8.88. The van der Waals surface area contributed by atoms with E-state index in [1.54, 1.807) is 17.0 Å². The van der Waals surface area contributed by atoms with Crippen molar-refractivity contribution in [3.63, 3.8) is 0 Å². The van der Waals surface area contributed by atoms with Crippen molar-refractivity contribution in [1.82, 2.24) is 0 Å². The minimum Gasteiger partial charge on any atom is -0.489 e. The lowest BCUT2D eigenvalue weighted by atomic mass is 9.77. The third-order valence-corrected chi connectivity index (χ3v) is 6.70. The van der Waals surface area contributed by atoms with Gasteiger partial charge in [-0.05, 0) is 72.9 Å². The molecule has 1 aliphatic carbocycles. The number of hydrogen-bond donors (Lipinski definition) is 0. The third kappa shape index (κ3) is 4.26. The summed E-state index contributed by atoms with van der Waals surface area (Å²) in [6.07, 6.45) is 2.04. The second kappa shape index (κ2) is 9.26. The third-order valence-electron chi connectivity index (χ3n) is 6.70. The van der Waals surface area contributed by atoms with E-state index in [-0.39, 0.29) is 29.8 Å². The molecule has 3 aromatic rings. The van der Waals surface area contributed by atoms with Crippen LogP contribution in [-0.4, -0.2) is 11.7 Å². The SMILES string of the molecule is Cc1ccccc1COc1ccc(C2CC(=O)N(c3ccc(F)cc3)C3=C2C(=O)CCC3)cc1. The summed E-state index contributed by atoms with van der Waals surface area (Å²) in [6.45, 7) is 2.54. The largest absolute Gasteiger partial charge is 0.489 e. The monoisotopic (exact) mass is 455 g/mol. The fraction of sp³-hybridized carbons (Fsp3) is 0.241. The first kappa shape index (κ1) is 22.1. The molecule has 34 heavy (non-hydrogen) atoms. The first-order chi connectivity index (χ1) is 16.5. The normalized spacial score (nSPS) is 18.2. The Hall–Kier alpha value is -3.73. The van der Waals surface area contributed by atoms with E-state index in [0.29, 0.717) is 37.1 Å². The Bertz CT molecular complexity index is 1260. The van der Waals surface area contributed by atoms with Gasteiger partial charge in [0.25, 0.3) is 0 Å². The molecule has 0 aromatic heterocycles. The molecule has 0 saturated carbocycles. The van der Waals surface area contributed by atoms with Gasteiger partial charge in [-0.1, -0.05) is 36.4 Å². The Morgan fingerprint density at radius 3 is 2.41 bits per heavy atom. The summed E-state index contributed by atoms with van der Waals surface area (Å²) < 4.78 is 19.4. The maximum Gasteiger partial charge on any atom is 0.232 e. The zero-order valence-corrected chi connectivity index (χ0v) is 19.1. The first-order valence-electron chi connectivity index (χ1n) is 11.6. The zero-order valence-electron chi connectivity index (χ0n) is 19.1. The molecule has 1 unspecified atom stereocenters. The topological polar surface area (TPSA) is 46.6 Å². The highest BCUT2D eigenvalue weighted by Crippen LogP contribution is 2.43. The summed E-state index contributed by atoms with van der Waals surface area (Å²) in [5, 5.41) is 0. The number of hydrogen-bond acceptors (Lipinski definition) is 3. The molecule has 0 bridgehead atoms. The fourth-order valence-corrected chi connectivity index (χ4v) is 4.90. The summed E-state index contributed by atoms with van der Waals surface area (Å²) in [7, 11) is 0. The van der Waals surface area contributed by atoms with E-state index in [1.165, 1.54) is 17.7 Å². The Morgan fingerprint density at radius 1 is 0.941 bits per heavy atom. The van der Waals surface area contributed by atoms with Crippen LogP contribution in [-0.2, 0) is 16.2 Å². The number of benzene rings is 3. The van der Waals surface area contributed by atoms with Crippen molar-refractivity contribution in [3.05, 3.63) is 107 Å². The van der Waals surface area contributed by atoms with E-state index in [2.05, 4.69) is 13.0 Å². The van der Waals surface area contributed by atoms with Gasteiger partial charge in [0, 0.05) is 35.7 Å². The highest BCUT2D eigenvalue weighted by atomic mass is 19.1. The van der Waals surface area contributed by atoms with Crippen LogP contribution in [0, 0.1) is 12.7 Å². The molecule has 0 N–H and O–H groups in total. The van der Waals surface area contributed by atoms with Gasteiger partial charge in [0.05, 0.1) is 0 Å². The summed E-state index contributed by atoms with van der Waals surface area (Å²) in [6, 6.07) is 21.7. The Kier molecular flexibility index (Phi) is 6.01. The molecule has 172 valence electrons. The van der Waals surface area contributed by atoms with Crippen LogP contribution in [0.4, 0.5) is 10.1 Å². The van der Waals surface area contributed by atoms with E-state index in [9.17, 15) is 14.0 Å². The van der Waals surface area contributed by atoms with Gasteiger partial charge in [0.1, 0.15) is 18.2 Å². The lowest BCUT2D eigenvalue weighted by molar-refractivity contribution is -0.119. The molecular formula is C29H26FNO3. The Morgan fingerprint density at radius 2 is 1.68 bits per heavy atom. The lowest BCUT2D eigenvalue weighted by Crippen LogP contribution is -2.40. The van der Waals surface area contributed by atoms with E-state index in [4.69, 9.17) is 4.74 Å². The number of ketones is 1. The Labute approximate surface area is 198 Å². The molecule has 5 heteroatoms. The van der Waals surface area contributed by atoms with Crippen LogP contribution in [0.15, 0.2) is 84.1 Å². The number of halogens is 1. The number of Topliss-reactive ketones (excluding diaryl/α,β-unsaturated/α-hetero) is 1. The predicted octanol–water partition coefficient (Wildman–Crippen LogP) is 6.24. The molecule has 5 rings (SSSR count). The molecule has 1 amide bonds. The van der Waals surface area contributed by atoms with E-state index >= 15 is 0 Å². The molecule has 1 heterocycles. The molecule has 1 atom stereocenters. The number of aryl methyl sites for hydroxylation is 1. The maximum atomic E-state index is 13.5. The molecule has 3 aromatic carbocycles. The first-order valence-corrected chi connectivity index (χ1v) is 11.6. The number of nitrogens with zero attached hydrogens (tertiary/aromatic N) is 1. The van der Waals surface area contributed by atoms with Crippen LogP contribution in [0.5, 0.6) is 5.75 Å². The van der Waals surface area contributed by atoms with Gasteiger partial charge in [-0.3, -0.25) is 14.5 Å². The summed E-state index contributed by atoms with van der Waals surface area (Å²) in [5.74, 6) is 0.115. The molecule has 1 aliphatic heterocycles. The van der Waals surface area contributed by atoms with E-state index in [1.807, 2.05) is 42.5 Å². The maximum absolute atomic E-state index is 13.5. The van der Waals surface area contributed by atoms with Crippen molar-refractivity contribution < 1.29 is 18.7 Å². The minimum absolute atomic E-state index is 0.0788. The quantitative estimate of drug-likeness (QED) is 0.457. The lowest BCUT2D eigenvalue weighted by Gasteiger charge is -2.38. The van der Waals surface area contributed by atoms with Gasteiger partial charge in [0.15, 0.2) is 5.78 Å². The van der Waals surface area contributed by atoms with Crippen molar-refractivity contribution in [2.24, 2.45) is 0 Å². The number of amides is 1. The average Bonchev–Trinajstić information content (AvgIpc) is 2.84. The highest BCUT2D eigenvalue weighted by Gasteiger charge is 2.39. The van der Waals surface area contributed by atoms with Crippen LogP contribution in [0.3, 0.4) is 0 Å². The molecule has 0 radical (unpaired) electrons. The minimum atomic E-state index is -0.357. The van der Waals surface area contributed by atoms with Crippen molar-refractivity contribution in [1.29, 1.82) is 0 Å². The van der Waals surface area contributed by atoms with Gasteiger partial charge in [0.2, 0.25) is 5.91 Å². The van der Waals surface area contributed by atoms with Crippen molar-refractivity contribution >= 4 is 17.4 Å². The molecular weight excluding hydrogens is 429 g/mol. The molecule has 4 nitrogen and oxygen atoms in total. The standard InChI is InChI=1S/C29H26FNO3/c1-19-5-2-3-6-21(19)18-34-24-15-9-20(10-16-24)25-17-28(33)31(23-13-11-22(30)12-14-23)26-7-4-8-27(32)29(25)26/h2-3,5-6,9-16,25H,4,7-8,17-18H2,1H3. The zero-order chi connectivity index (χ0) is 23.7. The predicted molar refractivity (Wildman–Crippen MR) is 129 cm³/mol. The number of rotatable bonds is 5.